The molecule has 0 unspecified atom stereocenters. The van der Waals surface area contributed by atoms with E-state index >= 15 is 0 Å². The zero-order valence-electron chi connectivity index (χ0n) is 22.6. The van der Waals surface area contributed by atoms with Crippen LogP contribution in [-0.4, -0.2) is 36.0 Å². The molecule has 39 heavy (non-hydrogen) atoms. The van der Waals surface area contributed by atoms with Gasteiger partial charge in [-0.2, -0.15) is 10.5 Å². The minimum atomic E-state index is 0.102. The van der Waals surface area contributed by atoms with E-state index < -0.39 is 0 Å². The van der Waals surface area contributed by atoms with Crippen molar-refractivity contribution in [1.82, 2.24) is 35.5 Å². The van der Waals surface area contributed by atoms with Gasteiger partial charge in [-0.1, -0.05) is 69.3 Å². The second-order valence-corrected chi connectivity index (χ2v) is 9.86. The molecule has 0 fully saturated rings. The van der Waals surface area contributed by atoms with E-state index in [1.807, 2.05) is 44.3 Å². The van der Waals surface area contributed by atoms with Crippen LogP contribution in [0.2, 0.25) is 0 Å². The van der Waals surface area contributed by atoms with Crippen LogP contribution >= 0.6 is 0 Å². The van der Waals surface area contributed by atoms with Gasteiger partial charge in [0.2, 0.25) is 5.82 Å². The number of benzene rings is 3. The second-order valence-electron chi connectivity index (χ2n) is 9.86. The van der Waals surface area contributed by atoms with Gasteiger partial charge in [0.1, 0.15) is 11.7 Å². The molecular formula is C30H31N9. The van der Waals surface area contributed by atoms with Crippen molar-refractivity contribution in [3.63, 3.8) is 0 Å². The molecule has 0 bridgehead atoms. The SMILES string of the molecule is CCCc1nc2c(C)cc(N=C(NC#N)C(C)C)cc2n1Cc1ccc(-c2ccccc2-c2nn[nH]n2)cc1. The van der Waals surface area contributed by atoms with Crippen molar-refractivity contribution in [1.29, 1.82) is 5.26 Å². The maximum absolute atomic E-state index is 9.15. The van der Waals surface area contributed by atoms with Crippen LogP contribution in [0, 0.1) is 24.3 Å². The van der Waals surface area contributed by atoms with Crippen molar-refractivity contribution < 1.29 is 0 Å². The molecule has 0 amide bonds. The fourth-order valence-electron chi connectivity index (χ4n) is 4.75. The molecule has 0 aliphatic rings. The Morgan fingerprint density at radius 3 is 2.54 bits per heavy atom. The van der Waals surface area contributed by atoms with E-state index in [-0.39, 0.29) is 5.92 Å². The van der Waals surface area contributed by atoms with Crippen molar-refractivity contribution in [2.75, 3.05) is 0 Å². The summed E-state index contributed by atoms with van der Waals surface area (Å²) in [5.41, 5.74) is 8.15. The quantitative estimate of drug-likeness (QED) is 0.114. The summed E-state index contributed by atoms with van der Waals surface area (Å²) in [7, 11) is 0. The fraction of sp³-hybridized carbons (Fsp3) is 0.267. The number of tetrazole rings is 1. The van der Waals surface area contributed by atoms with Crippen LogP contribution in [-0.2, 0) is 13.0 Å². The summed E-state index contributed by atoms with van der Waals surface area (Å²) in [6, 6.07) is 20.8. The summed E-state index contributed by atoms with van der Waals surface area (Å²) in [4.78, 5) is 9.78. The third-order valence-electron chi connectivity index (χ3n) is 6.68. The van der Waals surface area contributed by atoms with E-state index in [4.69, 9.17) is 15.2 Å². The molecule has 2 heterocycles. The number of hydrogen-bond acceptors (Lipinski definition) is 6. The molecule has 5 aromatic rings. The Morgan fingerprint density at radius 2 is 1.87 bits per heavy atom. The highest BCUT2D eigenvalue weighted by Crippen LogP contribution is 2.31. The van der Waals surface area contributed by atoms with Gasteiger partial charge in [0.15, 0.2) is 6.19 Å². The van der Waals surface area contributed by atoms with Crippen molar-refractivity contribution in [3.8, 4) is 28.7 Å². The summed E-state index contributed by atoms with van der Waals surface area (Å²) in [5.74, 6) is 2.38. The highest BCUT2D eigenvalue weighted by atomic mass is 15.5. The number of aryl methyl sites for hydroxylation is 2. The zero-order valence-corrected chi connectivity index (χ0v) is 22.6. The van der Waals surface area contributed by atoms with Crippen LogP contribution in [0.1, 0.15) is 44.1 Å². The molecular weight excluding hydrogens is 486 g/mol. The highest BCUT2D eigenvalue weighted by Gasteiger charge is 2.16. The average molecular weight is 518 g/mol. The van der Waals surface area contributed by atoms with Gasteiger partial charge >= 0.3 is 0 Å². The number of nitrogens with one attached hydrogen (secondary N) is 2. The smallest absolute Gasteiger partial charge is 0.205 e. The molecule has 9 nitrogen and oxygen atoms in total. The summed E-state index contributed by atoms with van der Waals surface area (Å²) in [5, 5.41) is 26.5. The normalized spacial score (nSPS) is 11.7. The van der Waals surface area contributed by atoms with E-state index in [1.165, 1.54) is 5.56 Å². The topological polar surface area (TPSA) is 120 Å². The predicted molar refractivity (Wildman–Crippen MR) is 153 cm³/mol. The van der Waals surface area contributed by atoms with Crippen molar-refractivity contribution in [2.45, 2.75) is 47.1 Å². The Kier molecular flexibility index (Phi) is 7.46. The molecule has 0 aliphatic heterocycles. The van der Waals surface area contributed by atoms with Crippen LogP contribution in [0.15, 0.2) is 65.7 Å². The van der Waals surface area contributed by atoms with Gasteiger partial charge in [-0.25, -0.2) is 9.98 Å². The molecule has 2 N–H and O–H groups in total. The van der Waals surface area contributed by atoms with Crippen molar-refractivity contribution >= 4 is 22.6 Å². The monoisotopic (exact) mass is 517 g/mol. The number of nitrogens with zero attached hydrogens (tertiary/aromatic N) is 7. The third kappa shape index (κ3) is 5.41. The number of aromatic amines is 1. The van der Waals surface area contributed by atoms with Gasteiger partial charge < -0.3 is 4.57 Å². The fourth-order valence-corrected chi connectivity index (χ4v) is 4.75. The number of amidine groups is 1. The third-order valence-corrected chi connectivity index (χ3v) is 6.68. The Morgan fingerprint density at radius 1 is 1.10 bits per heavy atom. The van der Waals surface area contributed by atoms with Gasteiger partial charge in [-0.15, -0.1) is 10.2 Å². The van der Waals surface area contributed by atoms with Crippen LogP contribution in [0.3, 0.4) is 0 Å². The van der Waals surface area contributed by atoms with Crippen LogP contribution in [0.25, 0.3) is 33.5 Å². The number of hydrogen-bond donors (Lipinski definition) is 2. The number of fused-ring (bicyclic) bond motifs is 1. The van der Waals surface area contributed by atoms with Crippen molar-refractivity contribution in [2.24, 2.45) is 10.9 Å². The van der Waals surface area contributed by atoms with Gasteiger partial charge in [0.25, 0.3) is 0 Å². The lowest BCUT2D eigenvalue weighted by Gasteiger charge is -2.12. The van der Waals surface area contributed by atoms with Gasteiger partial charge in [-0.05, 0) is 52.9 Å². The largest absolute Gasteiger partial charge is 0.323 e. The molecule has 0 radical (unpaired) electrons. The number of rotatable bonds is 8. The van der Waals surface area contributed by atoms with Gasteiger partial charge in [-0.3, -0.25) is 5.32 Å². The first-order chi connectivity index (χ1) is 19.0. The highest BCUT2D eigenvalue weighted by molar-refractivity contribution is 5.90. The van der Waals surface area contributed by atoms with E-state index in [9.17, 15) is 0 Å². The van der Waals surface area contributed by atoms with Crippen LogP contribution in [0.4, 0.5) is 5.69 Å². The summed E-state index contributed by atoms with van der Waals surface area (Å²) in [6.45, 7) is 8.96. The number of aliphatic imine (C=N–C) groups is 1. The standard InChI is InChI=1S/C30H31N9/c1-5-8-27-34-28-20(4)15-23(33-29(19(2)3)32-18-31)16-26(28)39(27)17-21-11-13-22(14-12-21)24-9-6-7-10-25(24)30-35-37-38-36-30/h6-7,9-16,19H,5,8,17H2,1-4H3,(H,32,33)(H,35,36,37,38). The molecule has 0 atom stereocenters. The Bertz CT molecular complexity index is 1650. The number of aromatic nitrogens is 6. The molecule has 2 aromatic heterocycles. The zero-order chi connectivity index (χ0) is 27.4. The average Bonchev–Trinajstić information content (AvgIpc) is 3.59. The number of H-pyrrole nitrogens is 1. The van der Waals surface area contributed by atoms with Crippen LogP contribution < -0.4 is 5.32 Å². The molecule has 196 valence electrons. The number of imidazole rings is 1. The van der Waals surface area contributed by atoms with E-state index in [2.05, 4.69) is 80.8 Å². The lowest BCUT2D eigenvalue weighted by atomic mass is 9.98. The molecule has 0 saturated heterocycles. The van der Waals surface area contributed by atoms with Crippen LogP contribution in [0.5, 0.6) is 0 Å². The Labute approximate surface area is 227 Å². The minimum absolute atomic E-state index is 0.102. The summed E-state index contributed by atoms with van der Waals surface area (Å²) >= 11 is 0. The first-order valence-electron chi connectivity index (χ1n) is 13.1. The van der Waals surface area contributed by atoms with Gasteiger partial charge in [0, 0.05) is 24.4 Å². The predicted octanol–water partition coefficient (Wildman–Crippen LogP) is 5.95. The maximum atomic E-state index is 9.15. The first kappa shape index (κ1) is 25.8. The lowest BCUT2D eigenvalue weighted by molar-refractivity contribution is 0.722. The van der Waals surface area contributed by atoms with E-state index in [0.29, 0.717) is 18.2 Å². The summed E-state index contributed by atoms with van der Waals surface area (Å²) in [6.07, 6.45) is 3.89. The Balaban J connectivity index is 1.52. The molecule has 0 saturated carbocycles. The van der Waals surface area contributed by atoms with E-state index in [0.717, 1.165) is 57.6 Å². The maximum Gasteiger partial charge on any atom is 0.205 e. The first-order valence-corrected chi connectivity index (χ1v) is 13.1. The molecule has 9 heteroatoms. The lowest BCUT2D eigenvalue weighted by Crippen LogP contribution is -2.23. The minimum Gasteiger partial charge on any atom is -0.323 e. The van der Waals surface area contributed by atoms with Crippen molar-refractivity contribution in [3.05, 3.63) is 77.6 Å². The molecule has 0 spiro atoms. The molecule has 5 rings (SSSR count). The molecule has 3 aromatic carbocycles. The van der Waals surface area contributed by atoms with E-state index in [1.54, 1.807) is 0 Å². The summed E-state index contributed by atoms with van der Waals surface area (Å²) < 4.78 is 2.29. The Hall–Kier alpha value is -4.84. The van der Waals surface area contributed by atoms with Gasteiger partial charge in [0.05, 0.1) is 16.7 Å². The number of nitriles is 1. The second kappa shape index (κ2) is 11.3. The molecule has 0 aliphatic carbocycles.